The third kappa shape index (κ3) is 3.14. The number of aromatic nitrogens is 2. The highest BCUT2D eigenvalue weighted by molar-refractivity contribution is 6.34. The van der Waals surface area contributed by atoms with Gasteiger partial charge in [-0.1, -0.05) is 35.3 Å². The van der Waals surface area contributed by atoms with Gasteiger partial charge in [0.25, 0.3) is 5.91 Å². The van der Waals surface area contributed by atoms with E-state index in [9.17, 15) is 4.79 Å². The minimum Gasteiger partial charge on any atom is -0.436 e. The summed E-state index contributed by atoms with van der Waals surface area (Å²) >= 11 is 12.4. The van der Waals surface area contributed by atoms with Crippen LogP contribution >= 0.6 is 23.2 Å². The first-order chi connectivity index (χ1) is 12.6. The molecular formula is C19H11Cl2N3O2. The predicted octanol–water partition coefficient (Wildman–Crippen LogP) is 5.45. The summed E-state index contributed by atoms with van der Waals surface area (Å²) in [5.74, 6) is 0.0393. The smallest absolute Gasteiger partial charge is 0.257 e. The highest BCUT2D eigenvalue weighted by Crippen LogP contribution is 2.32. The summed E-state index contributed by atoms with van der Waals surface area (Å²) in [6, 6.07) is 13.6. The Labute approximate surface area is 158 Å². The SMILES string of the molecule is O=C(Nc1ccc(Cl)c(-c2nc3cnccc3o2)c1)c1ccccc1Cl. The van der Waals surface area contributed by atoms with E-state index in [2.05, 4.69) is 15.3 Å². The Morgan fingerprint density at radius 1 is 1.04 bits per heavy atom. The van der Waals surface area contributed by atoms with Crippen molar-refractivity contribution >= 4 is 45.9 Å². The molecule has 0 aliphatic heterocycles. The number of halogens is 2. The number of pyridine rings is 1. The number of amides is 1. The quantitative estimate of drug-likeness (QED) is 0.510. The molecule has 26 heavy (non-hydrogen) atoms. The molecular weight excluding hydrogens is 373 g/mol. The van der Waals surface area contributed by atoms with Crippen LogP contribution in [0.2, 0.25) is 10.0 Å². The minimum absolute atomic E-state index is 0.314. The Morgan fingerprint density at radius 3 is 2.69 bits per heavy atom. The van der Waals surface area contributed by atoms with Crippen LogP contribution in [0, 0.1) is 0 Å². The lowest BCUT2D eigenvalue weighted by Crippen LogP contribution is -2.12. The zero-order valence-electron chi connectivity index (χ0n) is 13.2. The molecule has 0 spiro atoms. The summed E-state index contributed by atoms with van der Waals surface area (Å²) in [6.07, 6.45) is 3.23. The third-order valence-electron chi connectivity index (χ3n) is 3.76. The monoisotopic (exact) mass is 383 g/mol. The van der Waals surface area contributed by atoms with Gasteiger partial charge in [-0.3, -0.25) is 9.78 Å². The maximum Gasteiger partial charge on any atom is 0.257 e. The molecule has 4 aromatic rings. The lowest BCUT2D eigenvalue weighted by Gasteiger charge is -2.08. The van der Waals surface area contributed by atoms with Gasteiger partial charge in [0.15, 0.2) is 5.58 Å². The molecule has 0 bridgehead atoms. The van der Waals surface area contributed by atoms with E-state index < -0.39 is 0 Å². The molecule has 5 nitrogen and oxygen atoms in total. The molecule has 0 aliphatic carbocycles. The van der Waals surface area contributed by atoms with Gasteiger partial charge in [0, 0.05) is 18.0 Å². The largest absolute Gasteiger partial charge is 0.436 e. The number of carbonyl (C=O) groups is 1. The molecule has 0 saturated heterocycles. The van der Waals surface area contributed by atoms with Crippen molar-refractivity contribution in [2.24, 2.45) is 0 Å². The highest BCUT2D eigenvalue weighted by atomic mass is 35.5. The number of anilines is 1. The number of nitrogens with one attached hydrogen (secondary N) is 1. The van der Waals surface area contributed by atoms with E-state index >= 15 is 0 Å². The summed E-state index contributed by atoms with van der Waals surface area (Å²) in [4.78, 5) is 20.8. The van der Waals surface area contributed by atoms with E-state index in [0.29, 0.717) is 43.9 Å². The normalized spacial score (nSPS) is 10.8. The number of hydrogen-bond donors (Lipinski definition) is 1. The van der Waals surface area contributed by atoms with E-state index in [1.165, 1.54) is 0 Å². The summed E-state index contributed by atoms with van der Waals surface area (Å²) < 4.78 is 5.73. The van der Waals surface area contributed by atoms with Crippen LogP contribution in [0.25, 0.3) is 22.6 Å². The third-order valence-corrected chi connectivity index (χ3v) is 4.42. The molecule has 0 radical (unpaired) electrons. The average Bonchev–Trinajstić information content (AvgIpc) is 3.07. The molecule has 0 unspecified atom stereocenters. The van der Waals surface area contributed by atoms with Crippen molar-refractivity contribution in [3.63, 3.8) is 0 Å². The number of carbonyl (C=O) groups excluding carboxylic acids is 1. The Morgan fingerprint density at radius 2 is 1.88 bits per heavy atom. The van der Waals surface area contributed by atoms with Gasteiger partial charge in [-0.2, -0.15) is 0 Å². The maximum atomic E-state index is 12.4. The zero-order valence-corrected chi connectivity index (χ0v) is 14.8. The van der Waals surface area contributed by atoms with Crippen LogP contribution in [0.3, 0.4) is 0 Å². The van der Waals surface area contributed by atoms with Gasteiger partial charge in [-0.15, -0.1) is 0 Å². The van der Waals surface area contributed by atoms with Gasteiger partial charge in [0.2, 0.25) is 5.89 Å². The van der Waals surface area contributed by atoms with Crippen LogP contribution in [0.15, 0.2) is 65.3 Å². The second kappa shape index (κ2) is 6.78. The fourth-order valence-corrected chi connectivity index (χ4v) is 2.93. The van der Waals surface area contributed by atoms with E-state index in [0.717, 1.165) is 0 Å². The zero-order chi connectivity index (χ0) is 18.1. The van der Waals surface area contributed by atoms with Crippen molar-refractivity contribution in [1.29, 1.82) is 0 Å². The number of hydrogen-bond acceptors (Lipinski definition) is 4. The molecule has 0 atom stereocenters. The Kier molecular flexibility index (Phi) is 4.32. The average molecular weight is 384 g/mol. The molecule has 2 heterocycles. The van der Waals surface area contributed by atoms with Gasteiger partial charge in [0.1, 0.15) is 5.52 Å². The van der Waals surface area contributed by atoms with Crippen molar-refractivity contribution in [2.45, 2.75) is 0 Å². The lowest BCUT2D eigenvalue weighted by molar-refractivity contribution is 0.102. The molecule has 0 aliphatic rings. The van der Waals surface area contributed by atoms with Crippen LogP contribution < -0.4 is 5.32 Å². The number of fused-ring (bicyclic) bond motifs is 1. The first-order valence-corrected chi connectivity index (χ1v) is 8.44. The molecule has 1 N–H and O–H groups in total. The summed E-state index contributed by atoms with van der Waals surface area (Å²) in [6.45, 7) is 0. The van der Waals surface area contributed by atoms with Crippen molar-refractivity contribution < 1.29 is 9.21 Å². The fraction of sp³-hybridized carbons (Fsp3) is 0. The van der Waals surface area contributed by atoms with Gasteiger partial charge in [-0.25, -0.2) is 4.98 Å². The van der Waals surface area contributed by atoms with E-state index in [-0.39, 0.29) is 5.91 Å². The van der Waals surface area contributed by atoms with E-state index in [4.69, 9.17) is 27.6 Å². The molecule has 2 aromatic heterocycles. The number of oxazole rings is 1. The number of benzene rings is 2. The molecule has 0 fully saturated rings. The lowest BCUT2D eigenvalue weighted by atomic mass is 10.1. The van der Waals surface area contributed by atoms with Crippen LogP contribution in [0.1, 0.15) is 10.4 Å². The second-order valence-electron chi connectivity index (χ2n) is 5.49. The van der Waals surface area contributed by atoms with Gasteiger partial charge >= 0.3 is 0 Å². The molecule has 0 saturated carbocycles. The Bertz CT molecular complexity index is 1090. The number of nitrogens with zero attached hydrogens (tertiary/aromatic N) is 2. The van der Waals surface area contributed by atoms with E-state index in [1.54, 1.807) is 60.9 Å². The van der Waals surface area contributed by atoms with Gasteiger partial charge in [-0.05, 0) is 30.3 Å². The Hall–Kier alpha value is -2.89. The number of rotatable bonds is 3. The second-order valence-corrected chi connectivity index (χ2v) is 6.31. The topological polar surface area (TPSA) is 68.0 Å². The minimum atomic E-state index is -0.314. The molecule has 1 amide bonds. The van der Waals surface area contributed by atoms with Crippen molar-refractivity contribution in [2.75, 3.05) is 5.32 Å². The van der Waals surface area contributed by atoms with Crippen LogP contribution in [0.4, 0.5) is 5.69 Å². The van der Waals surface area contributed by atoms with Crippen LogP contribution in [-0.4, -0.2) is 15.9 Å². The molecule has 128 valence electrons. The first-order valence-electron chi connectivity index (χ1n) is 7.68. The van der Waals surface area contributed by atoms with Gasteiger partial charge in [0.05, 0.1) is 27.4 Å². The summed E-state index contributed by atoms with van der Waals surface area (Å²) in [5, 5.41) is 3.65. The van der Waals surface area contributed by atoms with Crippen LogP contribution in [-0.2, 0) is 0 Å². The highest BCUT2D eigenvalue weighted by Gasteiger charge is 2.15. The van der Waals surface area contributed by atoms with E-state index in [1.807, 2.05) is 0 Å². The van der Waals surface area contributed by atoms with Crippen LogP contribution in [0.5, 0.6) is 0 Å². The van der Waals surface area contributed by atoms with Crippen molar-refractivity contribution in [1.82, 2.24) is 9.97 Å². The summed E-state index contributed by atoms with van der Waals surface area (Å²) in [7, 11) is 0. The summed E-state index contributed by atoms with van der Waals surface area (Å²) in [5.41, 5.74) is 2.74. The predicted molar refractivity (Wildman–Crippen MR) is 102 cm³/mol. The molecule has 2 aromatic carbocycles. The molecule has 4 rings (SSSR count). The molecule has 7 heteroatoms. The fourth-order valence-electron chi connectivity index (χ4n) is 2.51. The standard InChI is InChI=1S/C19H11Cl2N3O2/c20-14-4-2-1-3-12(14)18(25)23-11-5-6-15(21)13(9-11)19-24-16-10-22-8-7-17(16)26-19/h1-10H,(H,23,25). The van der Waals surface area contributed by atoms with Gasteiger partial charge < -0.3 is 9.73 Å². The van der Waals surface area contributed by atoms with Crippen molar-refractivity contribution in [3.8, 4) is 11.5 Å². The maximum absolute atomic E-state index is 12.4. The van der Waals surface area contributed by atoms with Crippen molar-refractivity contribution in [3.05, 3.63) is 76.5 Å². The first kappa shape index (κ1) is 16.6. The Balaban J connectivity index is 1.68.